The predicted molar refractivity (Wildman–Crippen MR) is 105 cm³/mol. The number of nitrogens with one attached hydrogen (secondary N) is 2. The van der Waals surface area contributed by atoms with Gasteiger partial charge >= 0.3 is 6.18 Å². The maximum absolute atomic E-state index is 13.6. The van der Waals surface area contributed by atoms with Crippen LogP contribution in [0, 0.1) is 11.7 Å². The van der Waals surface area contributed by atoms with Crippen LogP contribution < -0.4 is 10.6 Å². The standard InChI is InChI=1S/C22H23F4N3O/c23-16-7-15(22(24,25)26)8-17(9-16)29-20-10-18(14-5-6-14)19(12-27-20)21(30)28-11-13-3-1-2-4-13/h7-10,12-14H,1-6,11H2,(H,27,29)(H,28,30). The van der Waals surface area contributed by atoms with Gasteiger partial charge in [0.2, 0.25) is 0 Å². The molecule has 1 aromatic carbocycles. The van der Waals surface area contributed by atoms with Crippen LogP contribution in [0.2, 0.25) is 0 Å². The Morgan fingerprint density at radius 3 is 2.47 bits per heavy atom. The highest BCUT2D eigenvalue weighted by Gasteiger charge is 2.32. The number of hydrogen-bond acceptors (Lipinski definition) is 3. The fourth-order valence-electron chi connectivity index (χ4n) is 3.98. The topological polar surface area (TPSA) is 54.0 Å². The van der Waals surface area contributed by atoms with Crippen molar-refractivity contribution in [1.29, 1.82) is 0 Å². The van der Waals surface area contributed by atoms with Crippen LogP contribution in [0.25, 0.3) is 0 Å². The number of nitrogens with zero attached hydrogens (tertiary/aromatic N) is 1. The Kier molecular flexibility index (Phi) is 5.66. The van der Waals surface area contributed by atoms with Crippen molar-refractivity contribution < 1.29 is 22.4 Å². The number of rotatable bonds is 6. The normalized spacial score (nSPS) is 17.2. The van der Waals surface area contributed by atoms with Gasteiger partial charge in [-0.2, -0.15) is 13.2 Å². The molecule has 2 N–H and O–H groups in total. The lowest BCUT2D eigenvalue weighted by Gasteiger charge is -2.15. The molecular formula is C22H23F4N3O. The molecule has 0 radical (unpaired) electrons. The van der Waals surface area contributed by atoms with E-state index < -0.39 is 17.6 Å². The molecule has 4 nitrogen and oxygen atoms in total. The lowest BCUT2D eigenvalue weighted by Crippen LogP contribution is -2.29. The van der Waals surface area contributed by atoms with Gasteiger partial charge in [-0.25, -0.2) is 9.37 Å². The maximum Gasteiger partial charge on any atom is 0.416 e. The van der Waals surface area contributed by atoms with Crippen molar-refractivity contribution in [2.45, 2.75) is 50.6 Å². The minimum atomic E-state index is -4.65. The fraction of sp³-hybridized carbons (Fsp3) is 0.455. The minimum Gasteiger partial charge on any atom is -0.352 e. The van der Waals surface area contributed by atoms with Gasteiger partial charge in [0.1, 0.15) is 11.6 Å². The Balaban J connectivity index is 1.52. The van der Waals surface area contributed by atoms with Crippen molar-refractivity contribution in [2.75, 3.05) is 11.9 Å². The summed E-state index contributed by atoms with van der Waals surface area (Å²) in [5.41, 5.74) is 0.200. The monoisotopic (exact) mass is 421 g/mol. The molecule has 4 rings (SSSR count). The van der Waals surface area contributed by atoms with Crippen molar-refractivity contribution in [3.8, 4) is 0 Å². The number of carbonyl (C=O) groups excluding carboxylic acids is 1. The Hall–Kier alpha value is -2.64. The smallest absolute Gasteiger partial charge is 0.352 e. The number of hydrogen-bond donors (Lipinski definition) is 2. The van der Waals surface area contributed by atoms with Gasteiger partial charge in [0, 0.05) is 18.4 Å². The largest absolute Gasteiger partial charge is 0.416 e. The highest BCUT2D eigenvalue weighted by molar-refractivity contribution is 5.96. The third-order valence-corrected chi connectivity index (χ3v) is 5.72. The number of carbonyl (C=O) groups is 1. The number of aromatic nitrogens is 1. The Labute approximate surface area is 172 Å². The lowest BCUT2D eigenvalue weighted by atomic mass is 10.0. The molecule has 2 aromatic rings. The summed E-state index contributed by atoms with van der Waals surface area (Å²) >= 11 is 0. The lowest BCUT2D eigenvalue weighted by molar-refractivity contribution is -0.137. The molecule has 2 aliphatic carbocycles. The Morgan fingerprint density at radius 1 is 1.07 bits per heavy atom. The van der Waals surface area contributed by atoms with Crippen LogP contribution in [0.1, 0.15) is 65.9 Å². The van der Waals surface area contributed by atoms with Crippen LogP contribution in [0.3, 0.4) is 0 Å². The molecule has 160 valence electrons. The zero-order chi connectivity index (χ0) is 21.3. The maximum atomic E-state index is 13.6. The van der Waals surface area contributed by atoms with E-state index in [9.17, 15) is 22.4 Å². The van der Waals surface area contributed by atoms with Crippen LogP contribution in [0.5, 0.6) is 0 Å². The first-order valence-electron chi connectivity index (χ1n) is 10.2. The minimum absolute atomic E-state index is 0.0463. The fourth-order valence-corrected chi connectivity index (χ4v) is 3.98. The molecule has 0 saturated heterocycles. The van der Waals surface area contributed by atoms with Gasteiger partial charge in [-0.3, -0.25) is 4.79 Å². The molecule has 2 fully saturated rings. The van der Waals surface area contributed by atoms with E-state index in [1.165, 1.54) is 19.0 Å². The molecule has 1 amide bonds. The first-order valence-corrected chi connectivity index (χ1v) is 10.2. The van der Waals surface area contributed by atoms with Crippen molar-refractivity contribution in [3.05, 3.63) is 53.0 Å². The molecule has 0 atom stereocenters. The van der Waals surface area contributed by atoms with Crippen LogP contribution >= 0.6 is 0 Å². The molecule has 1 aromatic heterocycles. The van der Waals surface area contributed by atoms with E-state index in [1.807, 2.05) is 0 Å². The number of benzene rings is 1. The van der Waals surface area contributed by atoms with Gasteiger partial charge in [0.25, 0.3) is 5.91 Å². The second-order valence-corrected chi connectivity index (χ2v) is 8.14. The molecule has 8 heteroatoms. The predicted octanol–water partition coefficient (Wildman–Crippen LogP) is 5.78. The summed E-state index contributed by atoms with van der Waals surface area (Å²) < 4.78 is 52.5. The molecule has 0 bridgehead atoms. The van der Waals surface area contributed by atoms with E-state index >= 15 is 0 Å². The van der Waals surface area contributed by atoms with Gasteiger partial charge in [0.15, 0.2) is 0 Å². The molecular weight excluding hydrogens is 398 g/mol. The molecule has 1 heterocycles. The van der Waals surface area contributed by atoms with E-state index in [-0.39, 0.29) is 23.3 Å². The molecule has 30 heavy (non-hydrogen) atoms. The summed E-state index contributed by atoms with van der Waals surface area (Å²) in [6, 6.07) is 3.95. The van der Waals surface area contributed by atoms with Crippen molar-refractivity contribution in [2.24, 2.45) is 5.92 Å². The average molecular weight is 421 g/mol. The Morgan fingerprint density at radius 2 is 1.80 bits per heavy atom. The van der Waals surface area contributed by atoms with Gasteiger partial charge in [-0.05, 0) is 67.3 Å². The third-order valence-electron chi connectivity index (χ3n) is 5.72. The Bertz CT molecular complexity index is 934. The summed E-state index contributed by atoms with van der Waals surface area (Å²) in [6.07, 6.45) is 3.36. The summed E-state index contributed by atoms with van der Waals surface area (Å²) in [5.74, 6) is -0.129. The van der Waals surface area contributed by atoms with Crippen molar-refractivity contribution >= 4 is 17.4 Å². The zero-order valence-corrected chi connectivity index (χ0v) is 16.4. The second-order valence-electron chi connectivity index (χ2n) is 8.14. The van der Waals surface area contributed by atoms with E-state index in [4.69, 9.17) is 0 Å². The number of amides is 1. The summed E-state index contributed by atoms with van der Waals surface area (Å²) in [6.45, 7) is 0.645. The number of pyridine rings is 1. The second kappa shape index (κ2) is 8.24. The molecule has 0 unspecified atom stereocenters. The van der Waals surface area contributed by atoms with Crippen molar-refractivity contribution in [3.63, 3.8) is 0 Å². The van der Waals surface area contributed by atoms with Gasteiger partial charge in [0.05, 0.1) is 11.1 Å². The summed E-state index contributed by atoms with van der Waals surface area (Å²) in [4.78, 5) is 16.9. The van der Waals surface area contributed by atoms with Crippen LogP contribution in [-0.4, -0.2) is 17.4 Å². The van der Waals surface area contributed by atoms with Crippen LogP contribution in [-0.2, 0) is 6.18 Å². The summed E-state index contributed by atoms with van der Waals surface area (Å²) in [7, 11) is 0. The van der Waals surface area contributed by atoms with Gasteiger partial charge in [-0.1, -0.05) is 12.8 Å². The number of alkyl halides is 3. The highest BCUT2D eigenvalue weighted by atomic mass is 19.4. The first kappa shape index (κ1) is 20.6. The van der Waals surface area contributed by atoms with Crippen LogP contribution in [0.15, 0.2) is 30.5 Å². The molecule has 2 aliphatic rings. The van der Waals surface area contributed by atoms with E-state index in [0.29, 0.717) is 24.1 Å². The van der Waals surface area contributed by atoms with Gasteiger partial charge in [-0.15, -0.1) is 0 Å². The molecule has 0 spiro atoms. The quantitative estimate of drug-likeness (QED) is 0.582. The highest BCUT2D eigenvalue weighted by Crippen LogP contribution is 2.42. The van der Waals surface area contributed by atoms with E-state index in [1.54, 1.807) is 6.07 Å². The van der Waals surface area contributed by atoms with Gasteiger partial charge < -0.3 is 10.6 Å². The first-order chi connectivity index (χ1) is 14.3. The van der Waals surface area contributed by atoms with Crippen molar-refractivity contribution in [1.82, 2.24) is 10.3 Å². The molecule has 2 saturated carbocycles. The average Bonchev–Trinajstić information content (AvgIpc) is 3.40. The SMILES string of the molecule is O=C(NCC1CCCC1)c1cnc(Nc2cc(F)cc(C(F)(F)F)c2)cc1C1CC1. The third kappa shape index (κ3) is 4.91. The number of anilines is 2. The van der Waals surface area contributed by atoms with E-state index in [2.05, 4.69) is 15.6 Å². The van der Waals surface area contributed by atoms with E-state index in [0.717, 1.165) is 43.4 Å². The zero-order valence-electron chi connectivity index (χ0n) is 16.4. The number of halogens is 4. The summed E-state index contributed by atoms with van der Waals surface area (Å²) in [5, 5.41) is 5.73. The molecule has 0 aliphatic heterocycles. The van der Waals surface area contributed by atoms with Crippen LogP contribution in [0.4, 0.5) is 29.1 Å².